The number of aromatic nitrogens is 1. The molecule has 7 heteroatoms. The van der Waals surface area contributed by atoms with Crippen molar-refractivity contribution in [2.75, 3.05) is 18.4 Å². The van der Waals surface area contributed by atoms with Crippen LogP contribution in [0.25, 0.3) is 10.4 Å². The number of nitrogens with zero attached hydrogens (tertiary/aromatic N) is 2. The van der Waals surface area contributed by atoms with Gasteiger partial charge in [0.1, 0.15) is 10.8 Å². The van der Waals surface area contributed by atoms with Crippen molar-refractivity contribution < 1.29 is 9.90 Å². The second-order valence-electron chi connectivity index (χ2n) is 7.95. The Morgan fingerprint density at radius 3 is 2.42 bits per heavy atom. The normalized spacial score (nSPS) is 11.7. The molecule has 1 aromatic carbocycles. The Hall–Kier alpha value is -2.74. The highest BCUT2D eigenvalue weighted by Crippen LogP contribution is 2.37. The molecule has 0 spiro atoms. The highest BCUT2D eigenvalue weighted by Gasteiger charge is 2.18. The maximum absolute atomic E-state index is 12.1. The van der Waals surface area contributed by atoms with E-state index in [1.165, 1.54) is 11.3 Å². The largest absolute Gasteiger partial charge is 0.386 e. The van der Waals surface area contributed by atoms with Crippen LogP contribution in [0.4, 0.5) is 10.8 Å². The topological polar surface area (TPSA) is 91.5 Å². The van der Waals surface area contributed by atoms with Gasteiger partial charge in [-0.05, 0) is 56.3 Å². The molecule has 1 amide bonds. The number of hydrogen-bond donors (Lipinski definition) is 3. The molecule has 0 fully saturated rings. The molecule has 0 saturated heterocycles. The van der Waals surface area contributed by atoms with E-state index in [4.69, 9.17) is 10.7 Å². The zero-order chi connectivity index (χ0) is 22.6. The molecule has 0 aliphatic heterocycles. The van der Waals surface area contributed by atoms with E-state index in [0.29, 0.717) is 16.4 Å². The van der Waals surface area contributed by atoms with E-state index >= 15 is 0 Å². The Balaban J connectivity index is 1.87. The number of amides is 1. The summed E-state index contributed by atoms with van der Waals surface area (Å²) < 4.78 is 0. The Labute approximate surface area is 187 Å². The fraction of sp³-hybridized carbons (Fsp3) is 0.333. The minimum atomic E-state index is -0.902. The van der Waals surface area contributed by atoms with Crippen LogP contribution in [0.5, 0.6) is 0 Å². The lowest BCUT2D eigenvalue weighted by Gasteiger charge is -2.17. The van der Waals surface area contributed by atoms with Crippen LogP contribution >= 0.6 is 11.3 Å². The van der Waals surface area contributed by atoms with Crippen LogP contribution in [0.3, 0.4) is 0 Å². The van der Waals surface area contributed by atoms with E-state index in [1.54, 1.807) is 19.9 Å². The number of benzene rings is 1. The van der Waals surface area contributed by atoms with Crippen LogP contribution in [0.2, 0.25) is 0 Å². The fourth-order valence-electron chi connectivity index (χ4n) is 3.28. The first kappa shape index (κ1) is 22.9. The van der Waals surface area contributed by atoms with Crippen LogP contribution in [0, 0.1) is 0 Å². The molecule has 0 radical (unpaired) electrons. The van der Waals surface area contributed by atoms with Gasteiger partial charge in [-0.25, -0.2) is 4.98 Å². The van der Waals surface area contributed by atoms with E-state index in [2.05, 4.69) is 24.1 Å². The number of nitrogens with one attached hydrogen (secondary N) is 1. The van der Waals surface area contributed by atoms with E-state index in [0.717, 1.165) is 41.3 Å². The highest BCUT2D eigenvalue weighted by molar-refractivity contribution is 7.19. The molecular formula is C24H30N4O2S. The molecule has 0 unspecified atom stereocenters. The number of carbonyl (C=O) groups excluding carboxylic acids is 1. The average molecular weight is 439 g/mol. The van der Waals surface area contributed by atoms with Gasteiger partial charge in [-0.2, -0.15) is 0 Å². The van der Waals surface area contributed by atoms with E-state index < -0.39 is 11.5 Å². The third kappa shape index (κ3) is 5.70. The van der Waals surface area contributed by atoms with Gasteiger partial charge >= 0.3 is 0 Å². The third-order valence-electron chi connectivity index (χ3n) is 5.20. The maximum Gasteiger partial charge on any atom is 0.251 e. The van der Waals surface area contributed by atoms with E-state index in [9.17, 15) is 9.90 Å². The van der Waals surface area contributed by atoms with Gasteiger partial charge in [0, 0.05) is 11.4 Å². The summed E-state index contributed by atoms with van der Waals surface area (Å²) in [5.74, 6) is 0.190. The van der Waals surface area contributed by atoms with Crippen molar-refractivity contribution in [3.05, 3.63) is 65.4 Å². The zero-order valence-electron chi connectivity index (χ0n) is 18.5. The van der Waals surface area contributed by atoms with Gasteiger partial charge in [-0.3, -0.25) is 9.69 Å². The molecule has 2 heterocycles. The Kier molecular flexibility index (Phi) is 7.10. The lowest BCUT2D eigenvalue weighted by molar-refractivity contribution is 0.0786. The Bertz CT molecular complexity index is 1030. The standard InChI is InChI=1S/C24H30N4O2S/c1-5-28(6-2)15-18-8-7-9-21(26-18)27-23-19(22(25)29)14-20(31-23)16-10-12-17(13-11-16)24(3,4)30/h7-14,30H,5-6,15H2,1-4H3,(H2,25,29)(H,26,27). The molecule has 0 aliphatic carbocycles. The first-order valence-corrected chi connectivity index (χ1v) is 11.2. The van der Waals surface area contributed by atoms with Crippen LogP contribution in [-0.4, -0.2) is 34.0 Å². The van der Waals surface area contributed by atoms with Crippen molar-refractivity contribution in [3.63, 3.8) is 0 Å². The molecule has 6 nitrogen and oxygen atoms in total. The molecule has 0 bridgehead atoms. The number of aliphatic hydroxyl groups is 1. The van der Waals surface area contributed by atoms with Gasteiger partial charge in [0.2, 0.25) is 0 Å². The number of nitrogens with two attached hydrogens (primary N) is 1. The van der Waals surface area contributed by atoms with Gasteiger partial charge in [0.05, 0.1) is 16.9 Å². The number of rotatable bonds is 9. The number of thiophene rings is 1. The lowest BCUT2D eigenvalue weighted by Crippen LogP contribution is -2.22. The van der Waals surface area contributed by atoms with Crippen LogP contribution < -0.4 is 11.1 Å². The zero-order valence-corrected chi connectivity index (χ0v) is 19.3. The summed E-state index contributed by atoms with van der Waals surface area (Å²) in [6.45, 7) is 10.5. The number of hydrogen-bond acceptors (Lipinski definition) is 6. The van der Waals surface area contributed by atoms with Crippen LogP contribution in [-0.2, 0) is 12.1 Å². The predicted molar refractivity (Wildman–Crippen MR) is 128 cm³/mol. The van der Waals surface area contributed by atoms with Gasteiger partial charge in [0.25, 0.3) is 5.91 Å². The van der Waals surface area contributed by atoms with Gasteiger partial charge in [-0.15, -0.1) is 11.3 Å². The summed E-state index contributed by atoms with van der Waals surface area (Å²) in [5.41, 5.74) is 7.92. The van der Waals surface area contributed by atoms with Gasteiger partial charge in [-0.1, -0.05) is 44.2 Å². The van der Waals surface area contributed by atoms with Crippen molar-refractivity contribution in [3.8, 4) is 10.4 Å². The molecule has 0 saturated carbocycles. The number of pyridine rings is 1. The predicted octanol–water partition coefficient (Wildman–Crippen LogP) is 4.72. The SMILES string of the molecule is CCN(CC)Cc1cccc(Nc2sc(-c3ccc(C(C)(C)O)cc3)cc2C(N)=O)n1. The Morgan fingerprint density at radius 2 is 1.84 bits per heavy atom. The molecule has 4 N–H and O–H groups in total. The smallest absolute Gasteiger partial charge is 0.251 e. The lowest BCUT2D eigenvalue weighted by atomic mass is 9.97. The highest BCUT2D eigenvalue weighted by atomic mass is 32.1. The third-order valence-corrected chi connectivity index (χ3v) is 6.30. The van der Waals surface area contributed by atoms with Crippen LogP contribution in [0.1, 0.15) is 49.3 Å². The molecule has 2 aromatic heterocycles. The molecule has 3 rings (SSSR count). The summed E-state index contributed by atoms with van der Waals surface area (Å²) in [5, 5.41) is 14.1. The maximum atomic E-state index is 12.1. The van der Waals surface area contributed by atoms with Crippen molar-refractivity contribution in [2.45, 2.75) is 39.8 Å². The van der Waals surface area contributed by atoms with Crippen molar-refractivity contribution >= 4 is 28.1 Å². The molecule has 31 heavy (non-hydrogen) atoms. The van der Waals surface area contributed by atoms with E-state index in [1.807, 2.05) is 42.5 Å². The number of anilines is 2. The Morgan fingerprint density at radius 1 is 1.16 bits per heavy atom. The minimum Gasteiger partial charge on any atom is -0.386 e. The van der Waals surface area contributed by atoms with Gasteiger partial charge in [0.15, 0.2) is 0 Å². The summed E-state index contributed by atoms with van der Waals surface area (Å²) in [6.07, 6.45) is 0. The second kappa shape index (κ2) is 9.60. The first-order chi connectivity index (χ1) is 14.7. The first-order valence-electron chi connectivity index (χ1n) is 10.4. The van der Waals surface area contributed by atoms with E-state index in [-0.39, 0.29) is 0 Å². The molecular weight excluding hydrogens is 408 g/mol. The monoisotopic (exact) mass is 438 g/mol. The fourth-order valence-corrected chi connectivity index (χ4v) is 4.36. The summed E-state index contributed by atoms with van der Waals surface area (Å²) in [4.78, 5) is 20.0. The van der Waals surface area contributed by atoms with Crippen molar-refractivity contribution in [1.29, 1.82) is 0 Å². The van der Waals surface area contributed by atoms with Crippen molar-refractivity contribution in [2.24, 2.45) is 5.73 Å². The van der Waals surface area contributed by atoms with Gasteiger partial charge < -0.3 is 16.2 Å². The molecule has 3 aromatic rings. The van der Waals surface area contributed by atoms with Crippen molar-refractivity contribution in [1.82, 2.24) is 9.88 Å². The summed E-state index contributed by atoms with van der Waals surface area (Å²) in [6, 6.07) is 15.3. The quantitative estimate of drug-likeness (QED) is 0.450. The second-order valence-corrected chi connectivity index (χ2v) is 9.01. The summed E-state index contributed by atoms with van der Waals surface area (Å²) >= 11 is 1.45. The summed E-state index contributed by atoms with van der Waals surface area (Å²) in [7, 11) is 0. The molecule has 164 valence electrons. The van der Waals surface area contributed by atoms with Crippen LogP contribution in [0.15, 0.2) is 48.5 Å². The molecule has 0 aliphatic rings. The molecule has 0 atom stereocenters. The number of carbonyl (C=O) groups is 1. The minimum absolute atomic E-state index is 0.433. The number of primary amides is 1. The average Bonchev–Trinajstić information content (AvgIpc) is 3.16.